The van der Waals surface area contributed by atoms with E-state index in [1.807, 2.05) is 41.5 Å². The summed E-state index contributed by atoms with van der Waals surface area (Å²) in [7, 11) is -1.33. The van der Waals surface area contributed by atoms with Gasteiger partial charge in [0.2, 0.25) is 47.3 Å². The van der Waals surface area contributed by atoms with E-state index in [1.54, 1.807) is 0 Å². The van der Waals surface area contributed by atoms with Gasteiger partial charge in [-0.15, -0.1) is 0 Å². The van der Waals surface area contributed by atoms with Crippen LogP contribution in [0.1, 0.15) is 278 Å². The van der Waals surface area contributed by atoms with Crippen molar-refractivity contribution in [1.82, 2.24) is 47.2 Å². The zero-order valence-electron chi connectivity index (χ0n) is 76.9. The van der Waals surface area contributed by atoms with Gasteiger partial charge in [0.05, 0.1) is 83.7 Å². The Morgan fingerprint density at radius 3 is 0.976 bits per heavy atom. The lowest BCUT2D eigenvalue weighted by atomic mass is 9.87. The Hall–Kier alpha value is -6.39. The van der Waals surface area contributed by atoms with Crippen LogP contribution in [0, 0.1) is 29.1 Å². The van der Waals surface area contributed by atoms with Crippen LogP contribution < -0.4 is 42.5 Å². The average Bonchev–Trinajstić information content (AvgIpc) is 0.805. The summed E-state index contributed by atoms with van der Waals surface area (Å²) in [4.78, 5) is 140. The quantitative estimate of drug-likeness (QED) is 0.0122. The molecule has 8 N–H and O–H groups in total. The highest BCUT2D eigenvalue weighted by atomic mass is 31.2. The Kier molecular flexibility index (Phi) is 58.0. The summed E-state index contributed by atoms with van der Waals surface area (Å²) in [5.74, 6) is -4.32. The lowest BCUT2D eigenvalue weighted by Crippen LogP contribution is -2.62. The summed E-state index contributed by atoms with van der Waals surface area (Å²) in [6, 6.07) is 0.431. The zero-order valence-corrected chi connectivity index (χ0v) is 77.7. The van der Waals surface area contributed by atoms with Crippen LogP contribution in [-0.4, -0.2) is 260 Å². The van der Waals surface area contributed by atoms with Crippen molar-refractivity contribution in [1.29, 1.82) is 5.26 Å². The highest BCUT2D eigenvalue weighted by Crippen LogP contribution is 2.46. The summed E-state index contributed by atoms with van der Waals surface area (Å²) in [6.45, 7) is 30.7. The third-order valence-corrected chi connectivity index (χ3v) is 23.6. The molecule has 3 rings (SSSR count). The van der Waals surface area contributed by atoms with Gasteiger partial charge in [0.1, 0.15) is 42.0 Å². The minimum atomic E-state index is -1.42. The summed E-state index contributed by atoms with van der Waals surface area (Å²) in [5.41, 5.74) is -1.42. The minimum Gasteiger partial charge on any atom is -0.460 e. The second-order valence-electron chi connectivity index (χ2n) is 33.0. The van der Waals surface area contributed by atoms with Gasteiger partial charge in [-0.2, -0.15) is 5.26 Å². The van der Waals surface area contributed by atoms with Crippen molar-refractivity contribution in [2.75, 3.05) is 98.9 Å². The van der Waals surface area contributed by atoms with Crippen molar-refractivity contribution < 1.29 is 119 Å². The molecule has 3 heterocycles. The van der Waals surface area contributed by atoms with Gasteiger partial charge >= 0.3 is 17.9 Å². The van der Waals surface area contributed by atoms with E-state index in [0.717, 1.165) is 64.2 Å². The Labute approximate surface area is 733 Å². The molecule has 0 radical (unpaired) electrons. The van der Waals surface area contributed by atoms with Crippen molar-refractivity contribution >= 4 is 73.7 Å². The molecule has 0 spiro atoms. The van der Waals surface area contributed by atoms with Gasteiger partial charge in [-0.25, -0.2) is 4.67 Å². The molecule has 0 aromatic carbocycles. The second-order valence-corrected chi connectivity index (χ2v) is 34.4. The monoisotopic (exact) mass is 1770 g/mol. The van der Waals surface area contributed by atoms with E-state index >= 15 is 0 Å². The number of amides is 8. The zero-order chi connectivity index (χ0) is 91.1. The third kappa shape index (κ3) is 46.3. The maximum atomic E-state index is 14.2. The summed E-state index contributed by atoms with van der Waals surface area (Å²) >= 11 is 0. The third-order valence-electron chi connectivity index (χ3n) is 21.5. The van der Waals surface area contributed by atoms with Crippen LogP contribution in [-0.2, 0) is 119 Å². The standard InChI is InChI=1S/C87H155N10O25P/c1-17-70-61(8)81(117-67(14)101)78(93-64(11)98)84(120-70)112-48-32-24-20-28-45-90-74(105)40-53-109-56-87(96-77(108)39-36-38-73(104)89-44-31-23-27-35-51-115-123(116-52-37-43-88)97(59(4)5)60(6)7,57-110-54-41-75(106)91-46-29-21-25-33-49-113-85-79(94-65(12)99)82(118-68(15)102)62(9)71(18-2)121-85)58-111-55-42-76(107)92-47-30-22-26-34-50-114-86-80(95-66(13)100)83(119-69(16)103)63(10)72(19-3)122-86/h59-63,70-72,78-86H,17-42,44-58H2,1-16H3,(H,89,104)(H,90,105)(H,91,106)(H,92,107)(H,93,98)(H,94,99)(H,95,100)(H,96,108)/t61-,62-,63-,70+,71+,72+,78+,79+,80+,81-,82-,83-,84?,85?,86?,87?,123?/m0/s1. The van der Waals surface area contributed by atoms with Crippen molar-refractivity contribution in [3.8, 4) is 6.07 Å². The fraction of sp³-hybridized carbons (Fsp3) is 0.862. The van der Waals surface area contributed by atoms with E-state index in [9.17, 15) is 52.7 Å². The maximum Gasteiger partial charge on any atom is 0.302 e. The number of nitriles is 1. The molecule has 0 aliphatic carbocycles. The van der Waals surface area contributed by atoms with Gasteiger partial charge in [0.15, 0.2) is 18.9 Å². The Balaban J connectivity index is 1.69. The van der Waals surface area contributed by atoms with Crippen molar-refractivity contribution in [3.05, 3.63) is 0 Å². The number of hydrogen-bond donors (Lipinski definition) is 8. The highest BCUT2D eigenvalue weighted by Gasteiger charge is 2.49. The van der Waals surface area contributed by atoms with Crippen LogP contribution in [0.15, 0.2) is 0 Å². The van der Waals surface area contributed by atoms with Gasteiger partial charge in [-0.1, -0.05) is 92.9 Å². The summed E-state index contributed by atoms with van der Waals surface area (Å²) in [5, 5.41) is 32.6. The summed E-state index contributed by atoms with van der Waals surface area (Å²) in [6.07, 6.45) is 9.08. The first-order valence-electron chi connectivity index (χ1n) is 45.3. The molecule has 3 fully saturated rings. The van der Waals surface area contributed by atoms with E-state index < -0.39 is 93.2 Å². The predicted molar refractivity (Wildman–Crippen MR) is 460 cm³/mol. The molecule has 3 saturated heterocycles. The van der Waals surface area contributed by atoms with E-state index in [4.69, 9.17) is 71.2 Å². The van der Waals surface area contributed by atoms with Gasteiger partial charge in [-0.3, -0.25) is 52.7 Å². The molecule has 0 saturated carbocycles. The number of nitrogens with one attached hydrogen (secondary N) is 8. The molecule has 0 aromatic heterocycles. The smallest absolute Gasteiger partial charge is 0.302 e. The molecular weight excluding hydrogens is 1620 g/mol. The molecule has 0 bridgehead atoms. The number of carbonyl (C=O) groups excluding carboxylic acids is 11. The molecule has 36 heteroatoms. The van der Waals surface area contributed by atoms with Crippen molar-refractivity contribution in [3.63, 3.8) is 0 Å². The topological polar surface area (TPSA) is 440 Å². The van der Waals surface area contributed by atoms with Crippen molar-refractivity contribution in [2.24, 2.45) is 17.8 Å². The summed E-state index contributed by atoms with van der Waals surface area (Å²) < 4.78 is 87.3. The lowest BCUT2D eigenvalue weighted by Gasteiger charge is -2.44. The number of esters is 3. The molecule has 16 atom stereocenters. The highest BCUT2D eigenvalue weighted by molar-refractivity contribution is 7.44. The Morgan fingerprint density at radius 2 is 0.683 bits per heavy atom. The van der Waals surface area contributed by atoms with Crippen molar-refractivity contribution in [2.45, 2.75) is 369 Å². The van der Waals surface area contributed by atoms with Gasteiger partial charge in [0, 0.05) is 149 Å². The van der Waals surface area contributed by atoms with E-state index in [2.05, 4.69) is 81.0 Å². The number of unbranched alkanes of at least 4 members (excludes halogenated alkanes) is 12. The van der Waals surface area contributed by atoms with Crippen LogP contribution in [0.25, 0.3) is 0 Å². The van der Waals surface area contributed by atoms with E-state index in [-0.39, 0.29) is 174 Å². The largest absolute Gasteiger partial charge is 0.460 e. The minimum absolute atomic E-state index is 0.0349. The normalized spacial score (nSPS) is 23.3. The Bertz CT molecular complexity index is 2860. The first-order valence-corrected chi connectivity index (χ1v) is 46.4. The number of hydrogen-bond acceptors (Lipinski definition) is 27. The number of ether oxygens (including phenoxy) is 12. The molecular formula is C87H155N10O25P. The van der Waals surface area contributed by atoms with Crippen LogP contribution in [0.4, 0.5) is 0 Å². The number of rotatable bonds is 67. The number of carbonyl (C=O) groups is 11. The molecule has 3 aliphatic heterocycles. The van der Waals surface area contributed by atoms with Crippen LogP contribution in [0.2, 0.25) is 0 Å². The van der Waals surface area contributed by atoms with Gasteiger partial charge in [-0.05, 0) is 105 Å². The van der Waals surface area contributed by atoms with Gasteiger partial charge in [0.25, 0.3) is 8.53 Å². The first kappa shape index (κ1) is 111. The van der Waals surface area contributed by atoms with Crippen LogP contribution in [0.5, 0.6) is 0 Å². The number of nitrogens with zero attached hydrogens (tertiary/aromatic N) is 2. The average molecular weight is 1770 g/mol. The molecule has 3 aliphatic rings. The fourth-order valence-electron chi connectivity index (χ4n) is 15.3. The maximum absolute atomic E-state index is 14.2. The Morgan fingerprint density at radius 1 is 0.390 bits per heavy atom. The van der Waals surface area contributed by atoms with Crippen LogP contribution in [0.3, 0.4) is 0 Å². The van der Waals surface area contributed by atoms with E-state index in [1.165, 1.54) is 41.5 Å². The van der Waals surface area contributed by atoms with Crippen LogP contribution >= 0.6 is 8.53 Å². The SMILES string of the molecule is CC[C@H]1OC(OCCCCCCNC(=O)CCOCC(COCCC(=O)NCCCCCCOC2O[C@H](CC)[C@H](C)[C@H](OC(C)=O)[C@H]2NC(C)=O)(COCCC(=O)NCCCCCCOC2O[C@H](CC)[C@H](C)[C@H](OC(C)=O)[C@H]2NC(C)=O)NC(=O)CCCC(=O)NCCCCCCOP(OCCC#N)N(C(C)C)C(C)C)[C@H](NC(C)=O)[C@@H](OC(C)=O)[C@H]1C. The fourth-order valence-corrected chi connectivity index (χ4v) is 16.9. The van der Waals surface area contributed by atoms with Gasteiger partial charge < -0.3 is 108 Å². The lowest BCUT2D eigenvalue weighted by molar-refractivity contribution is -0.253. The molecule has 35 nitrogen and oxygen atoms in total. The molecule has 8 amide bonds. The second kappa shape index (κ2) is 64.4. The first-order chi connectivity index (χ1) is 58.8. The molecule has 123 heavy (non-hydrogen) atoms. The predicted octanol–water partition coefficient (Wildman–Crippen LogP) is 8.90. The van der Waals surface area contributed by atoms with E-state index in [0.29, 0.717) is 117 Å². The molecule has 708 valence electrons. The molecule has 4 unspecified atom stereocenters. The molecule has 0 aromatic rings.